The zero-order valence-corrected chi connectivity index (χ0v) is 22.0. The van der Waals surface area contributed by atoms with Crippen LogP contribution in [0.5, 0.6) is 5.75 Å². The first-order valence-electron chi connectivity index (χ1n) is 12.7. The van der Waals surface area contributed by atoms with Crippen LogP contribution in [0.2, 0.25) is 0 Å². The number of nitrogens with one attached hydrogen (secondary N) is 2. The van der Waals surface area contributed by atoms with Crippen LogP contribution in [-0.2, 0) is 6.54 Å². The summed E-state index contributed by atoms with van der Waals surface area (Å²) in [7, 11) is 0. The number of ether oxygens (including phenoxy) is 1. The number of imidazole rings is 1. The van der Waals surface area contributed by atoms with Gasteiger partial charge in [-0.3, -0.25) is 5.10 Å². The Bertz CT molecular complexity index is 1460. The number of aromatic amines is 1. The summed E-state index contributed by atoms with van der Waals surface area (Å²) in [6, 6.07) is 11.9. The first kappa shape index (κ1) is 25.9. The van der Waals surface area contributed by atoms with E-state index in [-0.39, 0.29) is 11.2 Å². The number of alkyl halides is 3. The highest BCUT2D eigenvalue weighted by atomic mass is 19.4. The van der Waals surface area contributed by atoms with Gasteiger partial charge in [-0.25, -0.2) is 4.98 Å². The highest BCUT2D eigenvalue weighted by Gasteiger charge is 2.32. The number of nitrogens with zero attached hydrogens (tertiary/aromatic N) is 3. The van der Waals surface area contributed by atoms with Crippen LogP contribution in [0.15, 0.2) is 54.6 Å². The first-order valence-corrected chi connectivity index (χ1v) is 12.7. The van der Waals surface area contributed by atoms with Crippen molar-refractivity contribution in [2.45, 2.75) is 59.9 Å². The molecule has 6 nitrogen and oxygen atoms in total. The molecule has 0 spiro atoms. The number of aryl methyl sites for hydroxylation is 2. The quantitative estimate of drug-likeness (QED) is 0.251. The lowest BCUT2D eigenvalue weighted by Gasteiger charge is -2.37. The van der Waals surface area contributed by atoms with E-state index in [1.807, 2.05) is 13.8 Å². The summed E-state index contributed by atoms with van der Waals surface area (Å²) in [6.07, 6.45) is -1.68. The van der Waals surface area contributed by atoms with Gasteiger partial charge in [-0.2, -0.15) is 5.10 Å². The molecule has 4 aromatic rings. The molecule has 0 radical (unpaired) electrons. The maximum Gasteiger partial charge on any atom is 0.573 e. The molecule has 0 unspecified atom stereocenters. The number of hydrogen-bond acceptors (Lipinski definition) is 4. The Morgan fingerprint density at radius 3 is 2.53 bits per heavy atom. The monoisotopic (exact) mass is 523 g/mol. The first-order chi connectivity index (χ1) is 17.9. The molecule has 2 N–H and O–H groups in total. The number of halogens is 3. The summed E-state index contributed by atoms with van der Waals surface area (Å²) in [4.78, 5) is 4.93. The number of benzene rings is 2. The van der Waals surface area contributed by atoms with Gasteiger partial charge in [0, 0.05) is 23.5 Å². The topological polar surface area (TPSA) is 67.8 Å². The van der Waals surface area contributed by atoms with Gasteiger partial charge in [0.05, 0.1) is 16.7 Å². The molecule has 0 aliphatic heterocycles. The molecule has 5 rings (SSSR count). The van der Waals surface area contributed by atoms with Crippen LogP contribution in [0.3, 0.4) is 0 Å². The van der Waals surface area contributed by atoms with Gasteiger partial charge in [0.15, 0.2) is 0 Å². The molecule has 1 aliphatic rings. The molecule has 38 heavy (non-hydrogen) atoms. The third-order valence-electron chi connectivity index (χ3n) is 7.10. The predicted molar refractivity (Wildman–Crippen MR) is 143 cm³/mol. The van der Waals surface area contributed by atoms with E-state index in [4.69, 9.17) is 4.98 Å². The van der Waals surface area contributed by atoms with Crippen LogP contribution >= 0.6 is 0 Å². The van der Waals surface area contributed by atoms with Crippen LogP contribution in [-0.4, -0.2) is 26.1 Å². The van der Waals surface area contributed by atoms with E-state index >= 15 is 0 Å². The van der Waals surface area contributed by atoms with E-state index in [2.05, 4.69) is 63.4 Å². The van der Waals surface area contributed by atoms with Crippen molar-refractivity contribution in [3.05, 3.63) is 66.0 Å². The Balaban J connectivity index is 1.52. The summed E-state index contributed by atoms with van der Waals surface area (Å²) in [5.74, 6) is 0.760. The largest absolute Gasteiger partial charge is 0.573 e. The van der Waals surface area contributed by atoms with Gasteiger partial charge < -0.3 is 14.6 Å². The van der Waals surface area contributed by atoms with Crippen molar-refractivity contribution < 1.29 is 17.9 Å². The van der Waals surface area contributed by atoms with E-state index in [0.717, 1.165) is 59.4 Å². The second-order valence-corrected chi connectivity index (χ2v) is 11.1. The van der Waals surface area contributed by atoms with Crippen LogP contribution in [0.25, 0.3) is 22.2 Å². The van der Waals surface area contributed by atoms with Crippen molar-refractivity contribution in [2.75, 3.05) is 5.32 Å². The molecule has 200 valence electrons. The van der Waals surface area contributed by atoms with Gasteiger partial charge in [0.25, 0.3) is 0 Å². The summed E-state index contributed by atoms with van der Waals surface area (Å²) in [5, 5.41) is 10.7. The second kappa shape index (κ2) is 9.53. The third kappa shape index (κ3) is 5.56. The zero-order chi connectivity index (χ0) is 27.2. The molecule has 1 atom stereocenters. The summed E-state index contributed by atoms with van der Waals surface area (Å²) in [5.41, 5.74) is 7.87. The predicted octanol–water partition coefficient (Wildman–Crippen LogP) is 8.07. The minimum Gasteiger partial charge on any atom is -0.406 e. The van der Waals surface area contributed by atoms with Crippen LogP contribution in [0.4, 0.5) is 24.8 Å². The van der Waals surface area contributed by atoms with E-state index < -0.39 is 6.36 Å². The number of rotatable bonds is 6. The number of hydrogen-bond donors (Lipinski definition) is 2. The Morgan fingerprint density at radius 1 is 1.16 bits per heavy atom. The fourth-order valence-corrected chi connectivity index (χ4v) is 5.88. The van der Waals surface area contributed by atoms with Gasteiger partial charge in [-0.15, -0.1) is 13.2 Å². The molecular formula is C29H32F3N5O. The third-order valence-corrected chi connectivity index (χ3v) is 7.10. The van der Waals surface area contributed by atoms with E-state index in [1.54, 1.807) is 12.1 Å². The molecular weight excluding hydrogens is 491 g/mol. The maximum absolute atomic E-state index is 12.6. The molecule has 1 fully saturated rings. The van der Waals surface area contributed by atoms with Crippen molar-refractivity contribution in [3.8, 4) is 16.9 Å². The zero-order valence-electron chi connectivity index (χ0n) is 22.0. The molecule has 1 saturated carbocycles. The summed E-state index contributed by atoms with van der Waals surface area (Å²) >= 11 is 0. The second-order valence-electron chi connectivity index (χ2n) is 11.1. The number of anilines is 2. The molecule has 0 bridgehead atoms. The smallest absolute Gasteiger partial charge is 0.406 e. The minimum atomic E-state index is -4.73. The standard InChI is InChI=1S/C29H32F3N5O/c1-17-12-20(15-28(4,5)14-17)16-37-25-11-6-21(26-18(2)35-36-19(26)3)13-24(25)34-27(37)33-22-7-9-23(10-8-22)38-29(30,31)32/h6-11,13,20H,1,12,14-16H2,2-5H3,(H,33,34)(H,35,36)/t20-/m1/s1. The fourth-order valence-electron chi connectivity index (χ4n) is 5.88. The number of H-pyrrole nitrogens is 1. The lowest BCUT2D eigenvalue weighted by atomic mass is 9.70. The van der Waals surface area contributed by atoms with Gasteiger partial charge in [0.2, 0.25) is 5.95 Å². The highest BCUT2D eigenvalue weighted by molar-refractivity contribution is 5.86. The SMILES string of the molecule is C=C1C[C@@H](Cn2c(Nc3ccc(OC(F)(F)F)cc3)nc3cc(-c4c(C)n[nH]c4C)ccc32)CC(C)(C)C1. The van der Waals surface area contributed by atoms with Crippen LogP contribution in [0.1, 0.15) is 44.5 Å². The number of fused-ring (bicyclic) bond motifs is 1. The van der Waals surface area contributed by atoms with E-state index in [9.17, 15) is 13.2 Å². The molecule has 9 heteroatoms. The molecule has 2 heterocycles. The van der Waals surface area contributed by atoms with Crippen molar-refractivity contribution in [2.24, 2.45) is 11.3 Å². The maximum atomic E-state index is 12.6. The Labute approximate surface area is 219 Å². The van der Waals surface area contributed by atoms with Crippen LogP contribution in [0, 0.1) is 25.2 Å². The number of aromatic nitrogens is 4. The molecule has 2 aromatic carbocycles. The fraction of sp³-hybridized carbons (Fsp3) is 0.379. The average Bonchev–Trinajstić information content (AvgIpc) is 3.31. The Kier molecular flexibility index (Phi) is 6.49. The van der Waals surface area contributed by atoms with Crippen molar-refractivity contribution in [3.63, 3.8) is 0 Å². The summed E-state index contributed by atoms with van der Waals surface area (Å²) in [6.45, 7) is 13.6. The van der Waals surface area contributed by atoms with Crippen molar-refractivity contribution in [1.82, 2.24) is 19.7 Å². The lowest BCUT2D eigenvalue weighted by Crippen LogP contribution is -2.27. The van der Waals surface area contributed by atoms with E-state index in [0.29, 0.717) is 17.6 Å². The van der Waals surface area contributed by atoms with Gasteiger partial charge in [-0.1, -0.05) is 32.1 Å². The molecule has 0 amide bonds. The van der Waals surface area contributed by atoms with Crippen molar-refractivity contribution >= 4 is 22.7 Å². The van der Waals surface area contributed by atoms with Gasteiger partial charge >= 0.3 is 6.36 Å². The van der Waals surface area contributed by atoms with Gasteiger partial charge in [0.1, 0.15) is 5.75 Å². The molecule has 2 aromatic heterocycles. The van der Waals surface area contributed by atoms with Crippen molar-refractivity contribution in [1.29, 1.82) is 0 Å². The normalized spacial score (nSPS) is 17.7. The molecule has 1 aliphatic carbocycles. The minimum absolute atomic E-state index is 0.182. The van der Waals surface area contributed by atoms with E-state index in [1.165, 1.54) is 17.7 Å². The lowest BCUT2D eigenvalue weighted by molar-refractivity contribution is -0.274. The van der Waals surface area contributed by atoms with Crippen LogP contribution < -0.4 is 10.1 Å². The Morgan fingerprint density at radius 2 is 1.89 bits per heavy atom. The number of allylic oxidation sites excluding steroid dienone is 1. The Hall–Kier alpha value is -3.75. The molecule has 0 saturated heterocycles. The highest BCUT2D eigenvalue weighted by Crippen LogP contribution is 2.42. The van der Waals surface area contributed by atoms with Gasteiger partial charge in [-0.05, 0) is 86.4 Å². The summed E-state index contributed by atoms with van der Waals surface area (Å²) < 4.78 is 43.9. The average molecular weight is 524 g/mol.